The Bertz CT molecular complexity index is 290. The second kappa shape index (κ2) is 50.7. The molecule has 0 saturated heterocycles. The molecule has 1 radical (unpaired) electrons. The van der Waals surface area contributed by atoms with Crippen LogP contribution in [0.5, 0.6) is 0 Å². The molecule has 0 aliphatic rings. The van der Waals surface area contributed by atoms with Crippen molar-refractivity contribution in [2.24, 2.45) is 0 Å². The second-order valence-electron chi connectivity index (χ2n) is 1.38. The van der Waals surface area contributed by atoms with Gasteiger partial charge in [-0.15, -0.1) is 0 Å². The number of aromatic nitrogens is 1. The molecule has 0 amide bonds. The van der Waals surface area contributed by atoms with Gasteiger partial charge in [-0.05, 0) is 12.1 Å². The van der Waals surface area contributed by atoms with E-state index in [1.807, 2.05) is 6.07 Å². The van der Waals surface area contributed by atoms with Gasteiger partial charge in [-0.2, -0.15) is 6.21 Å². The third-order valence-electron chi connectivity index (χ3n) is 0.820. The van der Waals surface area contributed by atoms with Crippen molar-refractivity contribution in [2.75, 3.05) is 0 Å². The van der Waals surface area contributed by atoms with Crippen molar-refractivity contribution in [3.8, 4) is 0 Å². The summed E-state index contributed by atoms with van der Waals surface area (Å²) in [5.74, 6) is 0. The second-order valence-corrected chi connectivity index (χ2v) is 1.38. The third-order valence-corrected chi connectivity index (χ3v) is 0.820. The molecule has 0 N–H and O–H groups in total. The normalized spacial score (nSPS) is 4.47. The molecule has 0 unspecified atom stereocenters. The maximum Gasteiger partial charge on any atom is 5.00 e. The molecule has 0 saturated carbocycles. The summed E-state index contributed by atoms with van der Waals surface area (Å²) in [5, 5.41) is 33.4. The summed E-state index contributed by atoms with van der Waals surface area (Å²) in [7, 11) is 0. The van der Waals surface area contributed by atoms with Crippen LogP contribution >= 0.6 is 0 Å². The zero-order valence-corrected chi connectivity index (χ0v) is 9.53. The standard InChI is InChI=1S/C6H5N2.4CN.Fe/c7-5-6-3-1-2-4-8-6;4*1-2;/h1-5H;;;;;/q5*-1;+5. The fourth-order valence-electron chi connectivity index (χ4n) is 0.452. The molecule has 0 spiro atoms. The van der Waals surface area contributed by atoms with Gasteiger partial charge in [0.15, 0.2) is 0 Å². The summed E-state index contributed by atoms with van der Waals surface area (Å²) < 4.78 is 0. The molecule has 0 aliphatic heterocycles. The maximum absolute atomic E-state index is 8.35. The first-order chi connectivity index (χ1) is 7.93. The Morgan fingerprint density at radius 1 is 0.941 bits per heavy atom. The van der Waals surface area contributed by atoms with Gasteiger partial charge in [-0.25, -0.2) is 0 Å². The van der Waals surface area contributed by atoms with Gasteiger partial charge in [0.2, 0.25) is 0 Å². The first kappa shape index (κ1) is 29.2. The molecule has 1 heterocycles. The molecule has 0 aliphatic carbocycles. The number of rotatable bonds is 1. The Hall–Kier alpha value is -2.70. The van der Waals surface area contributed by atoms with Crippen molar-refractivity contribution < 1.29 is 17.1 Å². The number of nitrogens with zero attached hydrogens (tertiary/aromatic N) is 6. The Balaban J connectivity index is -0.0000000462. The topological polar surface area (TPSA) is 130 Å². The largest absolute Gasteiger partial charge is 5.00 e. The van der Waals surface area contributed by atoms with Crippen LogP contribution in [0, 0.1) is 47.3 Å². The first-order valence-electron chi connectivity index (χ1n) is 3.21. The molecule has 1 rings (SSSR count). The van der Waals surface area contributed by atoms with Crippen LogP contribution in [-0.4, -0.2) is 11.2 Å². The summed E-state index contributed by atoms with van der Waals surface area (Å²) in [5.41, 5.74) is 0.590. The van der Waals surface area contributed by atoms with E-state index in [0.29, 0.717) is 5.69 Å². The van der Waals surface area contributed by atoms with Crippen molar-refractivity contribution in [2.45, 2.75) is 0 Å². The zero-order valence-electron chi connectivity index (χ0n) is 8.42. The minimum atomic E-state index is 0. The van der Waals surface area contributed by atoms with E-state index in [0.717, 1.165) is 6.21 Å². The molecule has 1 aromatic rings. The minimum Gasteiger partial charge on any atom is -0.809 e. The van der Waals surface area contributed by atoms with E-state index >= 15 is 0 Å². The summed E-state index contributed by atoms with van der Waals surface area (Å²) in [6.07, 6.45) is 2.60. The van der Waals surface area contributed by atoms with Crippen LogP contribution in [0.15, 0.2) is 24.4 Å². The van der Waals surface area contributed by atoms with Gasteiger partial charge in [0.1, 0.15) is 0 Å². The Morgan fingerprint density at radius 2 is 1.35 bits per heavy atom. The van der Waals surface area contributed by atoms with Crippen LogP contribution < -0.4 is 0 Å². The molecule has 6 nitrogen and oxygen atoms in total. The van der Waals surface area contributed by atoms with Crippen molar-refractivity contribution in [1.82, 2.24) is 4.98 Å². The van der Waals surface area contributed by atoms with Gasteiger partial charge in [-0.1, -0.05) is 6.07 Å². The van der Waals surface area contributed by atoms with Crippen LogP contribution in [-0.2, 0) is 17.1 Å². The van der Waals surface area contributed by atoms with E-state index in [1.165, 1.54) is 0 Å². The van der Waals surface area contributed by atoms with Crippen molar-refractivity contribution in [3.05, 3.63) is 61.8 Å². The molecular weight excluding hydrogens is 260 g/mol. The molecule has 0 aromatic carbocycles. The minimum absolute atomic E-state index is 0. The van der Waals surface area contributed by atoms with Crippen LogP contribution in [0.1, 0.15) is 5.69 Å². The smallest absolute Gasteiger partial charge is 0.809 e. The van der Waals surface area contributed by atoms with Gasteiger partial charge in [0.25, 0.3) is 0 Å². The van der Waals surface area contributed by atoms with Crippen molar-refractivity contribution in [3.63, 3.8) is 0 Å². The van der Waals surface area contributed by atoms with E-state index < -0.39 is 0 Å². The van der Waals surface area contributed by atoms with Crippen molar-refractivity contribution >= 4 is 6.21 Å². The average Bonchev–Trinajstić information content (AvgIpc) is 2.48. The Labute approximate surface area is 111 Å². The van der Waals surface area contributed by atoms with Crippen LogP contribution in [0.25, 0.3) is 5.41 Å². The van der Waals surface area contributed by atoms with E-state index in [2.05, 4.69) is 4.98 Å². The fraction of sp³-hybridized carbons (Fsp3) is 0. The van der Waals surface area contributed by atoms with Gasteiger partial charge in [0, 0.05) is 11.9 Å². The molecule has 0 atom stereocenters. The Morgan fingerprint density at radius 3 is 1.53 bits per heavy atom. The summed E-state index contributed by atoms with van der Waals surface area (Å²) in [6, 6.07) is 5.34. The van der Waals surface area contributed by atoms with E-state index in [1.54, 1.807) is 18.3 Å². The zero-order chi connectivity index (χ0) is 13.8. The van der Waals surface area contributed by atoms with E-state index in [9.17, 15) is 0 Å². The van der Waals surface area contributed by atoms with Gasteiger partial charge >= 0.3 is 17.1 Å². The van der Waals surface area contributed by atoms with E-state index in [4.69, 9.17) is 52.7 Å². The number of hydrogen-bond acceptors (Lipinski definition) is 5. The molecule has 17 heavy (non-hydrogen) atoms. The maximum atomic E-state index is 8.35. The molecular formula is C10H5FeN6. The molecule has 0 bridgehead atoms. The molecule has 7 heteroatoms. The van der Waals surface area contributed by atoms with E-state index in [-0.39, 0.29) is 17.1 Å². The SMILES string of the molecule is [C-]#N.[C-]#N.[C-]#N.[C-]#N.[Fe+5].[N-]=Cc1ccccn1. The summed E-state index contributed by atoms with van der Waals surface area (Å²) in [6.45, 7) is 19.0. The molecule has 83 valence electrons. The van der Waals surface area contributed by atoms with Gasteiger partial charge in [0.05, 0.1) is 0 Å². The van der Waals surface area contributed by atoms with Crippen molar-refractivity contribution in [1.29, 1.82) is 21.0 Å². The van der Waals surface area contributed by atoms with Crippen LogP contribution in [0.4, 0.5) is 0 Å². The monoisotopic (exact) mass is 265 g/mol. The van der Waals surface area contributed by atoms with Crippen LogP contribution in [0.2, 0.25) is 0 Å². The quantitative estimate of drug-likeness (QED) is 0.430. The third kappa shape index (κ3) is 31.9. The fourth-order valence-corrected chi connectivity index (χ4v) is 0.452. The first-order valence-corrected chi connectivity index (χ1v) is 3.21. The predicted molar refractivity (Wildman–Crippen MR) is 52.6 cm³/mol. The van der Waals surface area contributed by atoms with Gasteiger partial charge < -0.3 is 52.7 Å². The number of hydrogen-bond donors (Lipinski definition) is 0. The molecule has 1 aromatic heterocycles. The summed E-state index contributed by atoms with van der Waals surface area (Å²) in [4.78, 5) is 3.79. The predicted octanol–water partition coefficient (Wildman–Crippen LogP) is 1.45. The van der Waals surface area contributed by atoms with Gasteiger partial charge in [-0.3, -0.25) is 4.98 Å². The Kier molecular flexibility index (Phi) is 87.2. The summed E-state index contributed by atoms with van der Waals surface area (Å²) >= 11 is 0. The molecule has 0 fully saturated rings. The average molecular weight is 265 g/mol. The van der Waals surface area contributed by atoms with Crippen LogP contribution in [0.3, 0.4) is 0 Å². The number of pyridine rings is 1.